The van der Waals surface area contributed by atoms with Crippen LogP contribution in [-0.2, 0) is 14.8 Å². The minimum Gasteiger partial charge on any atom is -0.495 e. The largest absolute Gasteiger partial charge is 0.495 e. The number of rotatable bonds is 6. The Morgan fingerprint density at radius 3 is 2.13 bits per heavy atom. The molecule has 9 heteroatoms. The van der Waals surface area contributed by atoms with Gasteiger partial charge in [-0.3, -0.25) is 13.9 Å². The van der Waals surface area contributed by atoms with Gasteiger partial charge in [0.25, 0.3) is 15.9 Å². The van der Waals surface area contributed by atoms with Gasteiger partial charge in [0.05, 0.1) is 17.7 Å². The highest BCUT2D eigenvalue weighted by molar-refractivity contribution is 7.92. The number of anilines is 1. The standard InChI is InChI=1S/C22H27N3O5S/c1-4-21(26)24-13-15-25(16-14-24)22(27)17-9-11-18(12-10-17)31(28,29)23(2)19-7-5-6-8-20(19)30-3/h5-12H,4,13-16H2,1-3H3. The second kappa shape index (κ2) is 9.38. The van der Waals surface area contributed by atoms with Gasteiger partial charge in [0, 0.05) is 45.2 Å². The number of para-hydroxylation sites is 2. The Morgan fingerprint density at radius 1 is 0.968 bits per heavy atom. The summed E-state index contributed by atoms with van der Waals surface area (Å²) in [6.45, 7) is 3.76. The van der Waals surface area contributed by atoms with E-state index < -0.39 is 10.0 Å². The van der Waals surface area contributed by atoms with Gasteiger partial charge in [-0.25, -0.2) is 8.42 Å². The Labute approximate surface area is 183 Å². The number of amides is 2. The number of ether oxygens (including phenoxy) is 1. The van der Waals surface area contributed by atoms with E-state index in [1.54, 1.807) is 34.1 Å². The third-order valence-electron chi connectivity index (χ3n) is 5.41. The fraction of sp³-hybridized carbons (Fsp3) is 0.364. The van der Waals surface area contributed by atoms with Crippen LogP contribution < -0.4 is 9.04 Å². The molecule has 1 heterocycles. The molecule has 31 heavy (non-hydrogen) atoms. The highest BCUT2D eigenvalue weighted by Gasteiger charge is 2.26. The fourth-order valence-electron chi connectivity index (χ4n) is 3.51. The lowest BCUT2D eigenvalue weighted by Crippen LogP contribution is -2.50. The number of methoxy groups -OCH3 is 1. The Morgan fingerprint density at radius 2 is 1.55 bits per heavy atom. The van der Waals surface area contributed by atoms with E-state index in [-0.39, 0.29) is 16.7 Å². The SMILES string of the molecule is CCC(=O)N1CCN(C(=O)c2ccc(S(=O)(=O)N(C)c3ccccc3OC)cc2)CC1. The second-order valence-corrected chi connectivity index (χ2v) is 9.16. The van der Waals surface area contributed by atoms with Crippen LogP contribution in [0.4, 0.5) is 5.69 Å². The van der Waals surface area contributed by atoms with Gasteiger partial charge in [0.2, 0.25) is 5.91 Å². The minimum absolute atomic E-state index is 0.0795. The van der Waals surface area contributed by atoms with Crippen molar-refractivity contribution in [2.24, 2.45) is 0 Å². The minimum atomic E-state index is -3.83. The zero-order chi connectivity index (χ0) is 22.6. The van der Waals surface area contributed by atoms with E-state index in [1.165, 1.54) is 38.4 Å². The average Bonchev–Trinajstić information content (AvgIpc) is 2.82. The molecule has 0 aliphatic carbocycles. The monoisotopic (exact) mass is 445 g/mol. The third kappa shape index (κ3) is 4.66. The summed E-state index contributed by atoms with van der Waals surface area (Å²) in [5, 5.41) is 0. The maximum Gasteiger partial charge on any atom is 0.264 e. The summed E-state index contributed by atoms with van der Waals surface area (Å²) in [4.78, 5) is 28.1. The van der Waals surface area contributed by atoms with Crippen molar-refractivity contribution in [2.45, 2.75) is 18.2 Å². The topological polar surface area (TPSA) is 87.2 Å². The number of hydrogen-bond donors (Lipinski definition) is 0. The first-order valence-electron chi connectivity index (χ1n) is 10.1. The maximum absolute atomic E-state index is 13.0. The Kier molecular flexibility index (Phi) is 6.84. The predicted octanol–water partition coefficient (Wildman–Crippen LogP) is 2.21. The molecule has 1 aliphatic heterocycles. The molecule has 1 aliphatic rings. The molecule has 2 aromatic rings. The molecule has 1 saturated heterocycles. The van der Waals surface area contributed by atoms with Crippen molar-refractivity contribution in [3.05, 3.63) is 54.1 Å². The van der Waals surface area contributed by atoms with E-state index in [1.807, 2.05) is 6.92 Å². The highest BCUT2D eigenvalue weighted by atomic mass is 32.2. The molecule has 0 unspecified atom stereocenters. The van der Waals surface area contributed by atoms with Crippen LogP contribution in [-0.4, -0.2) is 70.4 Å². The van der Waals surface area contributed by atoms with Gasteiger partial charge in [0.15, 0.2) is 0 Å². The Hall–Kier alpha value is -3.07. The number of carbonyl (C=O) groups excluding carboxylic acids is 2. The summed E-state index contributed by atoms with van der Waals surface area (Å²) in [6.07, 6.45) is 0.452. The molecular weight excluding hydrogens is 418 g/mol. The third-order valence-corrected chi connectivity index (χ3v) is 7.19. The molecule has 2 amide bonds. The van der Waals surface area contributed by atoms with E-state index in [4.69, 9.17) is 4.74 Å². The van der Waals surface area contributed by atoms with Crippen LogP contribution in [0, 0.1) is 0 Å². The first-order valence-corrected chi connectivity index (χ1v) is 11.5. The van der Waals surface area contributed by atoms with E-state index >= 15 is 0 Å². The van der Waals surface area contributed by atoms with Gasteiger partial charge in [-0.05, 0) is 36.4 Å². The van der Waals surface area contributed by atoms with Gasteiger partial charge in [-0.1, -0.05) is 19.1 Å². The normalized spacial score (nSPS) is 14.3. The number of benzene rings is 2. The lowest BCUT2D eigenvalue weighted by molar-refractivity contribution is -0.132. The zero-order valence-corrected chi connectivity index (χ0v) is 18.8. The van der Waals surface area contributed by atoms with Crippen LogP contribution in [0.25, 0.3) is 0 Å². The number of piperazine rings is 1. The van der Waals surface area contributed by atoms with Crippen LogP contribution in [0.1, 0.15) is 23.7 Å². The molecule has 2 aromatic carbocycles. The van der Waals surface area contributed by atoms with Crippen molar-refractivity contribution < 1.29 is 22.7 Å². The molecule has 0 spiro atoms. The van der Waals surface area contributed by atoms with Crippen LogP contribution in [0.2, 0.25) is 0 Å². The van der Waals surface area contributed by atoms with E-state index in [0.29, 0.717) is 49.6 Å². The molecule has 0 N–H and O–H groups in total. The molecule has 166 valence electrons. The Bertz CT molecular complexity index is 1050. The molecule has 0 aromatic heterocycles. The van der Waals surface area contributed by atoms with Crippen molar-refractivity contribution >= 4 is 27.5 Å². The molecule has 1 fully saturated rings. The van der Waals surface area contributed by atoms with Crippen molar-refractivity contribution in [2.75, 3.05) is 44.6 Å². The van der Waals surface area contributed by atoms with Crippen LogP contribution in [0.15, 0.2) is 53.4 Å². The lowest BCUT2D eigenvalue weighted by atomic mass is 10.2. The van der Waals surface area contributed by atoms with Crippen molar-refractivity contribution in [1.82, 2.24) is 9.80 Å². The first kappa shape index (κ1) is 22.6. The predicted molar refractivity (Wildman–Crippen MR) is 118 cm³/mol. The smallest absolute Gasteiger partial charge is 0.264 e. The van der Waals surface area contributed by atoms with E-state index in [9.17, 15) is 18.0 Å². The molecule has 0 bridgehead atoms. The first-order chi connectivity index (χ1) is 14.8. The summed E-state index contributed by atoms with van der Waals surface area (Å²) >= 11 is 0. The van der Waals surface area contributed by atoms with Crippen LogP contribution >= 0.6 is 0 Å². The summed E-state index contributed by atoms with van der Waals surface area (Å²) in [7, 11) is -0.882. The molecule has 0 saturated carbocycles. The average molecular weight is 446 g/mol. The molecule has 0 radical (unpaired) electrons. The molecule has 8 nitrogen and oxygen atoms in total. The summed E-state index contributed by atoms with van der Waals surface area (Å²) in [6, 6.07) is 12.8. The number of hydrogen-bond acceptors (Lipinski definition) is 5. The van der Waals surface area contributed by atoms with Crippen molar-refractivity contribution in [3.63, 3.8) is 0 Å². The van der Waals surface area contributed by atoms with Gasteiger partial charge in [0.1, 0.15) is 5.75 Å². The van der Waals surface area contributed by atoms with E-state index in [0.717, 1.165) is 4.31 Å². The molecule has 0 atom stereocenters. The van der Waals surface area contributed by atoms with Gasteiger partial charge < -0.3 is 14.5 Å². The van der Waals surface area contributed by atoms with Gasteiger partial charge >= 0.3 is 0 Å². The van der Waals surface area contributed by atoms with Gasteiger partial charge in [-0.15, -0.1) is 0 Å². The quantitative estimate of drug-likeness (QED) is 0.680. The number of sulfonamides is 1. The lowest BCUT2D eigenvalue weighted by Gasteiger charge is -2.34. The fourth-order valence-corrected chi connectivity index (χ4v) is 4.72. The number of nitrogens with zero attached hydrogens (tertiary/aromatic N) is 3. The summed E-state index contributed by atoms with van der Waals surface area (Å²) < 4.78 is 32.5. The zero-order valence-electron chi connectivity index (χ0n) is 17.9. The molecule has 3 rings (SSSR count). The van der Waals surface area contributed by atoms with Crippen LogP contribution in [0.5, 0.6) is 5.75 Å². The summed E-state index contributed by atoms with van der Waals surface area (Å²) in [5.41, 5.74) is 0.832. The van der Waals surface area contributed by atoms with Crippen LogP contribution in [0.3, 0.4) is 0 Å². The van der Waals surface area contributed by atoms with Crippen molar-refractivity contribution in [3.8, 4) is 5.75 Å². The van der Waals surface area contributed by atoms with Crippen molar-refractivity contribution in [1.29, 1.82) is 0 Å². The highest BCUT2D eigenvalue weighted by Crippen LogP contribution is 2.30. The van der Waals surface area contributed by atoms with E-state index in [2.05, 4.69) is 0 Å². The Balaban J connectivity index is 1.73. The second-order valence-electron chi connectivity index (χ2n) is 7.20. The molecular formula is C22H27N3O5S. The summed E-state index contributed by atoms with van der Waals surface area (Å²) in [5.74, 6) is 0.354. The number of carbonyl (C=O) groups is 2. The van der Waals surface area contributed by atoms with Gasteiger partial charge in [-0.2, -0.15) is 0 Å². The maximum atomic E-state index is 13.0.